The van der Waals surface area contributed by atoms with E-state index in [1.54, 1.807) is 11.9 Å². The number of amides is 1. The predicted molar refractivity (Wildman–Crippen MR) is 143 cm³/mol. The number of aryl methyl sites for hydroxylation is 2. The number of carbonyl (C=O) groups is 1. The number of rotatable bonds is 9. The second-order valence-electron chi connectivity index (χ2n) is 9.82. The summed E-state index contributed by atoms with van der Waals surface area (Å²) in [5.41, 5.74) is 5.27. The summed E-state index contributed by atoms with van der Waals surface area (Å²) in [6.07, 6.45) is 1.66. The minimum atomic E-state index is -0.609. The molecule has 10 nitrogen and oxygen atoms in total. The minimum absolute atomic E-state index is 0.179. The van der Waals surface area contributed by atoms with Crippen LogP contribution in [0, 0.1) is 26.7 Å². The van der Waals surface area contributed by atoms with Crippen LogP contribution in [0.2, 0.25) is 0 Å². The molecule has 204 valence electrons. The fourth-order valence-electron chi connectivity index (χ4n) is 4.89. The Hall–Kier alpha value is -3.50. The number of likely N-dealkylation sites (N-methyl/N-ethyl adjacent to an activating group) is 1. The molecule has 0 radical (unpaired) electrons. The van der Waals surface area contributed by atoms with Crippen LogP contribution < -0.4 is 10.1 Å². The number of hydrogen-bond donors (Lipinski definition) is 2. The number of methoxy groups -OCH3 is 1. The second kappa shape index (κ2) is 12.4. The lowest BCUT2D eigenvalue weighted by molar-refractivity contribution is 0.106. The Labute approximate surface area is 223 Å². The molecule has 38 heavy (non-hydrogen) atoms. The average Bonchev–Trinajstić information content (AvgIpc) is 3.26. The van der Waals surface area contributed by atoms with E-state index >= 15 is 0 Å². The smallest absolute Gasteiger partial charge is 0.409 e. The highest BCUT2D eigenvalue weighted by Crippen LogP contribution is 2.33. The molecule has 4 rings (SSSR count). The normalized spacial score (nSPS) is 14.9. The summed E-state index contributed by atoms with van der Waals surface area (Å²) in [6.45, 7) is 7.83. The first-order chi connectivity index (χ1) is 18.3. The van der Waals surface area contributed by atoms with Gasteiger partial charge in [-0.25, -0.2) is 14.8 Å². The molecule has 0 aliphatic carbocycles. The Kier molecular flexibility index (Phi) is 8.96. The molecular formula is C28H37N5O5. The van der Waals surface area contributed by atoms with Crippen LogP contribution in [0.15, 0.2) is 28.8 Å². The first-order valence-electron chi connectivity index (χ1n) is 13.0. The van der Waals surface area contributed by atoms with Gasteiger partial charge in [0.2, 0.25) is 0 Å². The molecule has 1 saturated heterocycles. The monoisotopic (exact) mass is 523 g/mol. The second-order valence-corrected chi connectivity index (χ2v) is 9.82. The van der Waals surface area contributed by atoms with Crippen LogP contribution in [0.5, 0.6) is 5.75 Å². The Morgan fingerprint density at radius 1 is 1.24 bits per heavy atom. The van der Waals surface area contributed by atoms with Gasteiger partial charge in [-0.2, -0.15) is 0 Å². The number of ether oxygens (including phenoxy) is 2. The predicted octanol–water partition coefficient (Wildman–Crippen LogP) is 3.70. The summed E-state index contributed by atoms with van der Waals surface area (Å²) in [5, 5.41) is 17.1. The maximum atomic E-state index is 11.9. The molecule has 2 aromatic heterocycles. The summed E-state index contributed by atoms with van der Waals surface area (Å²) >= 11 is 0. The SMILES string of the molecule is CNCC(O)COc1cccc(-c2nc(CC3CCN(C(=O)OC)CC3)c(C)c(-c3c(C)noc3C)n2)c1. The van der Waals surface area contributed by atoms with Crippen molar-refractivity contribution >= 4 is 6.09 Å². The number of nitrogens with zero attached hydrogens (tertiary/aromatic N) is 4. The number of aromatic nitrogens is 3. The zero-order valence-corrected chi connectivity index (χ0v) is 22.8. The maximum Gasteiger partial charge on any atom is 0.409 e. The molecule has 1 fully saturated rings. The molecule has 0 saturated carbocycles. The van der Waals surface area contributed by atoms with E-state index in [4.69, 9.17) is 24.0 Å². The average molecular weight is 524 g/mol. The minimum Gasteiger partial charge on any atom is -0.491 e. The molecule has 2 N–H and O–H groups in total. The summed E-state index contributed by atoms with van der Waals surface area (Å²) < 4.78 is 16.2. The van der Waals surface area contributed by atoms with Crippen molar-refractivity contribution in [1.82, 2.24) is 25.3 Å². The van der Waals surface area contributed by atoms with E-state index in [9.17, 15) is 9.90 Å². The van der Waals surface area contributed by atoms with Crippen LogP contribution in [0.3, 0.4) is 0 Å². The summed E-state index contributed by atoms with van der Waals surface area (Å²) in [6, 6.07) is 7.61. The zero-order chi connectivity index (χ0) is 27.2. The van der Waals surface area contributed by atoms with Gasteiger partial charge in [-0.1, -0.05) is 17.3 Å². The van der Waals surface area contributed by atoms with Crippen molar-refractivity contribution in [2.45, 2.75) is 46.1 Å². The Morgan fingerprint density at radius 3 is 2.66 bits per heavy atom. The van der Waals surface area contributed by atoms with E-state index < -0.39 is 6.10 Å². The largest absolute Gasteiger partial charge is 0.491 e. The number of aliphatic hydroxyl groups excluding tert-OH is 1. The Morgan fingerprint density at radius 2 is 2.00 bits per heavy atom. The standard InChI is InChI=1S/C28H37N5O5/c1-17-24(13-20-9-11-33(12-10-20)28(35)36-5)30-27(31-26(17)25-18(2)32-38-19(25)3)21-7-6-8-23(14-21)37-16-22(34)15-29-4/h6-8,14,20,22,29,34H,9-13,15-16H2,1-5H3. The van der Waals surface area contributed by atoms with Crippen LogP contribution in [-0.2, 0) is 11.2 Å². The molecule has 0 bridgehead atoms. The van der Waals surface area contributed by atoms with Gasteiger partial charge in [0.05, 0.1) is 24.1 Å². The van der Waals surface area contributed by atoms with Crippen molar-refractivity contribution in [2.75, 3.05) is 40.4 Å². The van der Waals surface area contributed by atoms with Crippen LogP contribution in [-0.4, -0.2) is 77.7 Å². The number of carbonyl (C=O) groups excluding carboxylic acids is 1. The molecule has 1 unspecified atom stereocenters. The van der Waals surface area contributed by atoms with E-state index in [1.807, 2.05) is 45.0 Å². The van der Waals surface area contributed by atoms with Crippen molar-refractivity contribution in [1.29, 1.82) is 0 Å². The van der Waals surface area contributed by atoms with Crippen LogP contribution in [0.4, 0.5) is 4.79 Å². The van der Waals surface area contributed by atoms with Gasteiger partial charge in [-0.05, 0) is 70.7 Å². The van der Waals surface area contributed by atoms with Crippen LogP contribution in [0.25, 0.3) is 22.6 Å². The van der Waals surface area contributed by atoms with Gasteiger partial charge in [0, 0.05) is 30.9 Å². The number of hydrogen-bond acceptors (Lipinski definition) is 9. The van der Waals surface area contributed by atoms with Crippen molar-refractivity contribution in [3.05, 3.63) is 47.0 Å². The molecule has 1 aliphatic heterocycles. The summed E-state index contributed by atoms with van der Waals surface area (Å²) in [7, 11) is 3.20. The quantitative estimate of drug-likeness (QED) is 0.432. The van der Waals surface area contributed by atoms with Crippen LogP contribution in [0.1, 0.15) is 35.6 Å². The molecule has 1 amide bonds. The highest BCUT2D eigenvalue weighted by molar-refractivity contribution is 5.71. The third kappa shape index (κ3) is 6.31. The van der Waals surface area contributed by atoms with Crippen molar-refractivity contribution in [2.24, 2.45) is 5.92 Å². The lowest BCUT2D eigenvalue weighted by Gasteiger charge is -2.31. The first kappa shape index (κ1) is 27.5. The first-order valence-corrected chi connectivity index (χ1v) is 13.0. The molecule has 1 aliphatic rings. The van der Waals surface area contributed by atoms with E-state index in [0.29, 0.717) is 42.9 Å². The van der Waals surface area contributed by atoms with Gasteiger partial charge in [0.15, 0.2) is 5.82 Å². The van der Waals surface area contributed by atoms with Gasteiger partial charge < -0.3 is 29.3 Å². The molecule has 1 aromatic carbocycles. The number of benzene rings is 1. The molecule has 1 atom stereocenters. The maximum absolute atomic E-state index is 11.9. The summed E-state index contributed by atoms with van der Waals surface area (Å²) in [4.78, 5) is 23.7. The van der Waals surface area contributed by atoms with E-state index in [2.05, 4.69) is 10.5 Å². The molecule has 3 heterocycles. The molecule has 10 heteroatoms. The fraction of sp³-hybridized carbons (Fsp3) is 0.500. The molecule has 3 aromatic rings. The number of aliphatic hydroxyl groups is 1. The Balaban J connectivity index is 1.66. The van der Waals surface area contributed by atoms with E-state index in [0.717, 1.165) is 53.0 Å². The van der Waals surface area contributed by atoms with Crippen molar-refractivity contribution in [3.63, 3.8) is 0 Å². The van der Waals surface area contributed by atoms with E-state index in [1.165, 1.54) is 7.11 Å². The highest BCUT2D eigenvalue weighted by atomic mass is 16.5. The molecular weight excluding hydrogens is 486 g/mol. The summed E-state index contributed by atoms with van der Waals surface area (Å²) in [5.74, 6) is 2.33. The lowest BCUT2D eigenvalue weighted by atomic mass is 9.90. The van der Waals surface area contributed by atoms with Gasteiger partial charge in [-0.3, -0.25) is 0 Å². The van der Waals surface area contributed by atoms with Crippen LogP contribution >= 0.6 is 0 Å². The topological polar surface area (TPSA) is 123 Å². The Bertz CT molecular complexity index is 1230. The van der Waals surface area contributed by atoms with Gasteiger partial charge >= 0.3 is 6.09 Å². The fourth-order valence-corrected chi connectivity index (χ4v) is 4.89. The van der Waals surface area contributed by atoms with Gasteiger partial charge in [0.1, 0.15) is 24.2 Å². The van der Waals surface area contributed by atoms with Gasteiger partial charge in [0.25, 0.3) is 0 Å². The third-order valence-electron chi connectivity index (χ3n) is 7.02. The zero-order valence-electron chi connectivity index (χ0n) is 22.8. The number of nitrogens with one attached hydrogen (secondary N) is 1. The number of likely N-dealkylation sites (tertiary alicyclic amines) is 1. The lowest BCUT2D eigenvalue weighted by Crippen LogP contribution is -2.38. The molecule has 0 spiro atoms. The van der Waals surface area contributed by atoms with Crippen molar-refractivity contribution in [3.8, 4) is 28.4 Å². The van der Waals surface area contributed by atoms with Crippen molar-refractivity contribution < 1.29 is 23.9 Å². The van der Waals surface area contributed by atoms with Gasteiger partial charge in [-0.15, -0.1) is 0 Å². The number of piperidine rings is 1. The third-order valence-corrected chi connectivity index (χ3v) is 7.02. The van der Waals surface area contributed by atoms with E-state index in [-0.39, 0.29) is 12.7 Å². The highest BCUT2D eigenvalue weighted by Gasteiger charge is 2.26.